The summed E-state index contributed by atoms with van der Waals surface area (Å²) in [5, 5.41) is 52.5. The van der Waals surface area contributed by atoms with E-state index < -0.39 is 146 Å². The van der Waals surface area contributed by atoms with Crippen LogP contribution in [0.4, 0.5) is 0 Å². The van der Waals surface area contributed by atoms with E-state index in [0.29, 0.717) is 19.3 Å². The largest absolute Gasteiger partial charge is 0.481 e. The Kier molecular flexibility index (Phi) is 24.0. The summed E-state index contributed by atoms with van der Waals surface area (Å²) < 4.78 is 0. The summed E-state index contributed by atoms with van der Waals surface area (Å²) >= 11 is 0. The second-order valence-corrected chi connectivity index (χ2v) is 14.8. The Hall–Kier alpha value is -6.20. The molecule has 1 rings (SSSR count). The van der Waals surface area contributed by atoms with Crippen molar-refractivity contribution in [2.45, 2.75) is 133 Å². The quantitative estimate of drug-likeness (QED) is 0.0337. The molecule has 0 bridgehead atoms. The van der Waals surface area contributed by atoms with Crippen LogP contribution in [0.2, 0.25) is 0 Å². The third-order valence-corrected chi connectivity index (χ3v) is 9.65. The van der Waals surface area contributed by atoms with Crippen LogP contribution in [0.3, 0.4) is 0 Å². The van der Waals surface area contributed by atoms with Crippen molar-refractivity contribution in [3.63, 3.8) is 0 Å². The third kappa shape index (κ3) is 19.9. The number of aliphatic hydroxyl groups excluding tert-OH is 1. The minimum absolute atomic E-state index is 0.0512. The normalized spacial score (nSPS) is 15.3. The fourth-order valence-electron chi connectivity index (χ4n) is 5.88. The van der Waals surface area contributed by atoms with Gasteiger partial charge in [-0.05, 0) is 63.5 Å². The van der Waals surface area contributed by atoms with Crippen LogP contribution in [-0.2, 0) is 54.4 Å². The molecule has 0 aromatic heterocycles. The maximum Gasteiger partial charge on any atom is 0.326 e. The lowest BCUT2D eigenvalue weighted by Gasteiger charge is -2.29. The van der Waals surface area contributed by atoms with Gasteiger partial charge in [0.1, 0.15) is 36.3 Å². The Morgan fingerprint density at radius 2 is 1.08 bits per heavy atom. The summed E-state index contributed by atoms with van der Waals surface area (Å²) in [5.74, 6) is -12.2. The van der Waals surface area contributed by atoms with Gasteiger partial charge in [0.25, 0.3) is 0 Å². The van der Waals surface area contributed by atoms with Crippen LogP contribution in [0.1, 0.15) is 84.1 Å². The number of aliphatic hydroxyl groups is 1. The zero-order valence-electron chi connectivity index (χ0n) is 35.0. The molecule has 23 nitrogen and oxygen atoms in total. The Labute approximate surface area is 358 Å². The van der Waals surface area contributed by atoms with Crippen molar-refractivity contribution in [1.29, 1.82) is 0 Å². The molecule has 62 heavy (non-hydrogen) atoms. The molecule has 1 aromatic rings. The number of nitrogens with one attached hydrogen (secondary N) is 6. The summed E-state index contributed by atoms with van der Waals surface area (Å²) in [6, 6.07) is -2.14. The van der Waals surface area contributed by atoms with Gasteiger partial charge in [-0.2, -0.15) is 0 Å². The number of amides is 7. The Morgan fingerprint density at radius 3 is 1.56 bits per heavy atom. The van der Waals surface area contributed by atoms with Crippen LogP contribution in [-0.4, -0.2) is 135 Å². The van der Waals surface area contributed by atoms with Crippen LogP contribution in [0.25, 0.3) is 0 Å². The van der Waals surface area contributed by atoms with E-state index in [2.05, 4.69) is 31.9 Å². The number of benzene rings is 1. The fourth-order valence-corrected chi connectivity index (χ4v) is 5.88. The molecule has 0 fully saturated rings. The highest BCUT2D eigenvalue weighted by Gasteiger charge is 2.36. The molecule has 0 unspecified atom stereocenters. The summed E-state index contributed by atoms with van der Waals surface area (Å²) in [4.78, 5) is 127. The van der Waals surface area contributed by atoms with Crippen molar-refractivity contribution in [3.05, 3.63) is 35.9 Å². The molecule has 0 saturated carbocycles. The number of primary amides is 1. The molecule has 23 heteroatoms. The summed E-state index contributed by atoms with van der Waals surface area (Å²) in [5.41, 5.74) is 17.6. The van der Waals surface area contributed by atoms with Crippen LogP contribution in [0, 0.1) is 5.92 Å². The van der Waals surface area contributed by atoms with Gasteiger partial charge in [0.2, 0.25) is 41.4 Å². The van der Waals surface area contributed by atoms with E-state index in [1.165, 1.54) is 0 Å². The molecular formula is C39H61N9O14. The van der Waals surface area contributed by atoms with Gasteiger partial charge in [0.05, 0.1) is 18.6 Å². The van der Waals surface area contributed by atoms with Gasteiger partial charge >= 0.3 is 17.9 Å². The second kappa shape index (κ2) is 27.6. The average molecular weight is 880 g/mol. The predicted octanol–water partition coefficient (Wildman–Crippen LogP) is -3.29. The smallest absolute Gasteiger partial charge is 0.326 e. The molecule has 16 N–H and O–H groups in total. The molecule has 0 heterocycles. The summed E-state index contributed by atoms with van der Waals surface area (Å²) in [6.45, 7) is 4.69. The molecule has 0 aliphatic heterocycles. The second-order valence-electron chi connectivity index (χ2n) is 14.8. The monoisotopic (exact) mass is 879 g/mol. The highest BCUT2D eigenvalue weighted by atomic mass is 16.4. The van der Waals surface area contributed by atoms with Crippen LogP contribution in [0.5, 0.6) is 0 Å². The van der Waals surface area contributed by atoms with Crippen molar-refractivity contribution in [2.75, 3.05) is 6.54 Å². The molecule has 9 atom stereocenters. The number of unbranched alkanes of at least 4 members (excludes halogenated alkanes) is 1. The molecule has 346 valence electrons. The zero-order valence-corrected chi connectivity index (χ0v) is 35.0. The maximum atomic E-state index is 13.7. The number of nitrogens with two attached hydrogens (primary N) is 3. The van der Waals surface area contributed by atoms with Crippen molar-refractivity contribution in [1.82, 2.24) is 31.9 Å². The number of hydrogen-bond acceptors (Lipinski definition) is 13. The minimum atomic E-state index is -1.94. The van der Waals surface area contributed by atoms with Crippen molar-refractivity contribution < 1.29 is 68.4 Å². The van der Waals surface area contributed by atoms with Crippen molar-refractivity contribution >= 4 is 59.3 Å². The Balaban J connectivity index is 3.32. The zero-order chi connectivity index (χ0) is 47.1. The highest BCUT2D eigenvalue weighted by Crippen LogP contribution is 2.12. The molecule has 0 spiro atoms. The number of carbonyl (C=O) groups excluding carboxylic acids is 7. The van der Waals surface area contributed by atoms with E-state index >= 15 is 0 Å². The number of carboxylic acid groups (broad SMARTS) is 3. The molecular weight excluding hydrogens is 818 g/mol. The molecule has 0 radical (unpaired) electrons. The number of rotatable bonds is 30. The highest BCUT2D eigenvalue weighted by molar-refractivity contribution is 5.98. The van der Waals surface area contributed by atoms with E-state index in [0.717, 1.165) is 12.5 Å². The maximum absolute atomic E-state index is 13.7. The van der Waals surface area contributed by atoms with Gasteiger partial charge in [0.15, 0.2) is 0 Å². The fraction of sp³-hybridized carbons (Fsp3) is 0.590. The van der Waals surface area contributed by atoms with Crippen molar-refractivity contribution in [2.24, 2.45) is 23.1 Å². The van der Waals surface area contributed by atoms with Crippen LogP contribution >= 0.6 is 0 Å². The first kappa shape index (κ1) is 53.8. The van der Waals surface area contributed by atoms with Gasteiger partial charge in [-0.25, -0.2) is 4.79 Å². The lowest BCUT2D eigenvalue weighted by atomic mass is 9.96. The minimum Gasteiger partial charge on any atom is -0.481 e. The molecule has 7 amide bonds. The summed E-state index contributed by atoms with van der Waals surface area (Å²) in [6.07, 6.45) is -3.90. The van der Waals surface area contributed by atoms with Gasteiger partial charge in [-0.15, -0.1) is 0 Å². The number of carbonyl (C=O) groups is 10. The van der Waals surface area contributed by atoms with Gasteiger partial charge in [-0.3, -0.25) is 43.2 Å². The number of hydrogen-bond donors (Lipinski definition) is 13. The molecule has 0 aliphatic carbocycles. The number of aliphatic carboxylic acids is 3. The van der Waals surface area contributed by atoms with Crippen LogP contribution < -0.4 is 49.1 Å². The molecule has 0 saturated heterocycles. The molecule has 0 aliphatic rings. The van der Waals surface area contributed by atoms with E-state index in [4.69, 9.17) is 17.2 Å². The first-order valence-electron chi connectivity index (χ1n) is 20.1. The van der Waals surface area contributed by atoms with Crippen molar-refractivity contribution in [3.8, 4) is 0 Å². The SMILES string of the molecule is CC[C@H](C)[C@H](NC(=O)[C@@H](N)Cc1ccccc1)C(=O)N[C@@H](CCC(=O)O)C(=O)N[C@H](C(=O)N[C@@H](CC(N)=O)C(=O)N[C@@H](CCC(=O)O)C(=O)N[C@@H](CCCCN)C(=O)O)[C@@H](C)O. The third-order valence-electron chi connectivity index (χ3n) is 9.65. The van der Waals surface area contributed by atoms with E-state index in [1.807, 2.05) is 0 Å². The molecule has 1 aromatic carbocycles. The topological polar surface area (TPSA) is 402 Å². The van der Waals surface area contributed by atoms with E-state index in [1.54, 1.807) is 44.2 Å². The standard InChI is InChI=1S/C39H61N9O14/c1-4-20(2)31(47-33(55)23(41)18-22-10-6-5-7-11-22)37(59)44-25(14-16-30(53)54)35(57)48-32(21(3)49)38(60)46-27(19-28(42)50)36(58)43-24(13-15-29(51)52)34(56)45-26(39(61)62)12-8-9-17-40/h5-7,10-11,20-21,23-27,31-32,49H,4,8-9,12-19,40-41H2,1-3H3,(H2,42,50)(H,43,58)(H,44,59)(H,45,56)(H,46,60)(H,47,55)(H,48,57)(H,51,52)(H,53,54)(H,61,62)/t20-,21+,23-,24-,25-,26-,27-,31-,32-/m0/s1. The van der Waals surface area contributed by atoms with Gasteiger partial charge in [-0.1, -0.05) is 50.6 Å². The van der Waals surface area contributed by atoms with E-state index in [-0.39, 0.29) is 19.4 Å². The Bertz CT molecular complexity index is 1710. The summed E-state index contributed by atoms with van der Waals surface area (Å²) in [7, 11) is 0. The van der Waals surface area contributed by atoms with Gasteiger partial charge in [0, 0.05) is 12.8 Å². The van der Waals surface area contributed by atoms with Crippen LogP contribution in [0.15, 0.2) is 30.3 Å². The lowest BCUT2D eigenvalue weighted by Crippen LogP contribution is -2.62. The Morgan fingerprint density at radius 1 is 0.613 bits per heavy atom. The lowest BCUT2D eigenvalue weighted by molar-refractivity contribution is -0.143. The van der Waals surface area contributed by atoms with E-state index in [9.17, 15) is 68.4 Å². The number of carboxylic acids is 3. The van der Waals surface area contributed by atoms with Gasteiger partial charge < -0.3 is 69.5 Å². The average Bonchev–Trinajstić information content (AvgIpc) is 3.20. The first-order chi connectivity index (χ1) is 29.1. The predicted molar refractivity (Wildman–Crippen MR) is 219 cm³/mol. The first-order valence-corrected chi connectivity index (χ1v) is 20.1.